The van der Waals surface area contributed by atoms with Gasteiger partial charge in [-0.05, 0) is 72.7 Å². The van der Waals surface area contributed by atoms with E-state index in [-0.39, 0.29) is 36.9 Å². The number of aliphatic hydroxyl groups is 1. The van der Waals surface area contributed by atoms with Gasteiger partial charge < -0.3 is 19.5 Å². The van der Waals surface area contributed by atoms with Gasteiger partial charge in [-0.3, -0.25) is 0 Å². The maximum atomic E-state index is 12.8. The number of nitriles is 1. The molecule has 8 heteroatoms. The van der Waals surface area contributed by atoms with E-state index in [1.54, 1.807) is 6.92 Å². The number of nitrogens with zero attached hydrogens (tertiary/aromatic N) is 2. The monoisotopic (exact) mass is 486 g/mol. The Bertz CT molecular complexity index is 1130. The van der Waals surface area contributed by atoms with Gasteiger partial charge in [0.2, 0.25) is 0 Å². The SMILES string of the molecule is C/C(=C(/C#N)S(=O)(=O)CCCOCCOCCO)c1ccc2cc(N3CCCCC3)ccc2c1. The quantitative estimate of drug-likeness (QED) is 0.359. The number of aliphatic hydroxyl groups excluding tert-OH is 1. The van der Waals surface area contributed by atoms with Crippen molar-refractivity contribution < 1.29 is 23.0 Å². The van der Waals surface area contributed by atoms with Gasteiger partial charge in [-0.25, -0.2) is 8.42 Å². The van der Waals surface area contributed by atoms with E-state index >= 15 is 0 Å². The number of hydrogen-bond acceptors (Lipinski definition) is 7. The van der Waals surface area contributed by atoms with Crippen molar-refractivity contribution in [2.75, 3.05) is 56.8 Å². The van der Waals surface area contributed by atoms with Crippen LogP contribution in [0, 0.1) is 11.3 Å². The van der Waals surface area contributed by atoms with Crippen LogP contribution < -0.4 is 4.90 Å². The number of rotatable bonds is 12. The molecule has 1 saturated heterocycles. The van der Waals surface area contributed by atoms with Crippen molar-refractivity contribution >= 4 is 31.9 Å². The minimum absolute atomic E-state index is 0.0439. The summed E-state index contributed by atoms with van der Waals surface area (Å²) < 4.78 is 36.1. The zero-order valence-electron chi connectivity index (χ0n) is 19.8. The molecule has 3 rings (SSSR count). The predicted molar refractivity (Wildman–Crippen MR) is 135 cm³/mol. The highest BCUT2D eigenvalue weighted by molar-refractivity contribution is 7.95. The average molecular weight is 487 g/mol. The third kappa shape index (κ3) is 7.03. The molecule has 0 atom stereocenters. The molecule has 34 heavy (non-hydrogen) atoms. The lowest BCUT2D eigenvalue weighted by Crippen LogP contribution is -2.29. The second-order valence-electron chi connectivity index (χ2n) is 8.48. The second kappa shape index (κ2) is 12.9. The molecule has 0 aliphatic carbocycles. The molecule has 0 radical (unpaired) electrons. The molecule has 1 aliphatic heterocycles. The molecule has 0 spiro atoms. The van der Waals surface area contributed by atoms with Gasteiger partial charge in [0.05, 0.1) is 32.2 Å². The number of piperidine rings is 1. The Morgan fingerprint density at radius 3 is 2.38 bits per heavy atom. The van der Waals surface area contributed by atoms with Gasteiger partial charge in [-0.2, -0.15) is 5.26 Å². The first-order valence-corrected chi connectivity index (χ1v) is 13.5. The highest BCUT2D eigenvalue weighted by atomic mass is 32.2. The minimum Gasteiger partial charge on any atom is -0.394 e. The molecule has 2 aromatic rings. The van der Waals surface area contributed by atoms with Gasteiger partial charge >= 0.3 is 0 Å². The van der Waals surface area contributed by atoms with Crippen molar-refractivity contribution in [1.29, 1.82) is 5.26 Å². The first kappa shape index (κ1) is 26.2. The fraction of sp³-hybridized carbons (Fsp3) is 0.500. The molecule has 0 saturated carbocycles. The van der Waals surface area contributed by atoms with Crippen LogP contribution in [0.2, 0.25) is 0 Å². The zero-order chi connectivity index (χ0) is 24.4. The standard InChI is InChI=1S/C26H34N2O5S/c1-21(26(20-27)34(30,31)17-5-13-32-15-16-33-14-12-29)22-6-7-24-19-25(9-8-23(24)18-22)28-10-3-2-4-11-28/h6-9,18-19,29H,2-5,10-17H2,1H3/b26-21+. The third-order valence-corrected chi connectivity index (χ3v) is 7.89. The Balaban J connectivity index is 1.68. The molecule has 1 fully saturated rings. The molecular formula is C26H34N2O5S. The molecule has 0 unspecified atom stereocenters. The summed E-state index contributed by atoms with van der Waals surface area (Å²) in [7, 11) is -3.73. The number of hydrogen-bond donors (Lipinski definition) is 1. The summed E-state index contributed by atoms with van der Waals surface area (Å²) in [6.07, 6.45) is 4.02. The smallest absolute Gasteiger partial charge is 0.188 e. The summed E-state index contributed by atoms with van der Waals surface area (Å²) in [5, 5.41) is 20.4. The zero-order valence-corrected chi connectivity index (χ0v) is 20.6. The third-order valence-electron chi connectivity index (χ3n) is 6.04. The molecule has 184 valence electrons. The van der Waals surface area contributed by atoms with E-state index in [9.17, 15) is 13.7 Å². The Labute approximate surface area is 202 Å². The highest BCUT2D eigenvalue weighted by Crippen LogP contribution is 2.29. The Kier molecular flexibility index (Phi) is 9.90. The molecule has 1 heterocycles. The van der Waals surface area contributed by atoms with E-state index in [4.69, 9.17) is 14.6 Å². The van der Waals surface area contributed by atoms with Crippen LogP contribution in [-0.2, 0) is 19.3 Å². The van der Waals surface area contributed by atoms with Gasteiger partial charge in [0, 0.05) is 25.4 Å². The van der Waals surface area contributed by atoms with Gasteiger partial charge in [0.25, 0.3) is 0 Å². The van der Waals surface area contributed by atoms with Crippen molar-refractivity contribution in [3.05, 3.63) is 46.9 Å². The average Bonchev–Trinajstić information content (AvgIpc) is 2.85. The maximum Gasteiger partial charge on any atom is 0.188 e. The summed E-state index contributed by atoms with van der Waals surface area (Å²) >= 11 is 0. The van der Waals surface area contributed by atoms with Crippen molar-refractivity contribution in [2.24, 2.45) is 0 Å². The van der Waals surface area contributed by atoms with E-state index in [1.807, 2.05) is 24.3 Å². The van der Waals surface area contributed by atoms with Crippen molar-refractivity contribution in [1.82, 2.24) is 0 Å². The van der Waals surface area contributed by atoms with Gasteiger partial charge in [0.1, 0.15) is 11.0 Å². The van der Waals surface area contributed by atoms with Crippen LogP contribution in [0.15, 0.2) is 41.3 Å². The Morgan fingerprint density at radius 2 is 1.68 bits per heavy atom. The number of anilines is 1. The second-order valence-corrected chi connectivity index (χ2v) is 10.5. The van der Waals surface area contributed by atoms with E-state index < -0.39 is 9.84 Å². The summed E-state index contributed by atoms with van der Waals surface area (Å²) in [5.74, 6) is -0.155. The lowest BCUT2D eigenvalue weighted by atomic mass is 10.0. The number of ether oxygens (including phenoxy) is 2. The van der Waals surface area contributed by atoms with Gasteiger partial charge in [-0.15, -0.1) is 0 Å². The molecular weight excluding hydrogens is 452 g/mol. The van der Waals surface area contributed by atoms with Gasteiger partial charge in [0.15, 0.2) is 9.84 Å². The lowest BCUT2D eigenvalue weighted by molar-refractivity contribution is 0.0335. The minimum atomic E-state index is -3.73. The Hall–Kier alpha value is -2.44. The first-order valence-electron chi connectivity index (χ1n) is 11.9. The lowest BCUT2D eigenvalue weighted by Gasteiger charge is -2.29. The first-order chi connectivity index (χ1) is 16.5. The normalized spacial score (nSPS) is 15.3. The summed E-state index contributed by atoms with van der Waals surface area (Å²) in [6.45, 7) is 4.99. The van der Waals surface area contributed by atoms with E-state index in [0.717, 1.165) is 29.4 Å². The maximum absolute atomic E-state index is 12.8. The van der Waals surface area contributed by atoms with Crippen molar-refractivity contribution in [3.63, 3.8) is 0 Å². The fourth-order valence-corrected chi connectivity index (χ4v) is 5.60. The van der Waals surface area contributed by atoms with E-state index in [0.29, 0.717) is 18.8 Å². The van der Waals surface area contributed by atoms with Crippen LogP contribution >= 0.6 is 0 Å². The molecule has 0 bridgehead atoms. The molecule has 2 aromatic carbocycles. The largest absolute Gasteiger partial charge is 0.394 e. The highest BCUT2D eigenvalue weighted by Gasteiger charge is 2.21. The number of fused-ring (bicyclic) bond motifs is 1. The molecule has 1 N–H and O–H groups in total. The molecule has 7 nitrogen and oxygen atoms in total. The molecule has 1 aliphatic rings. The number of allylic oxidation sites excluding steroid dienone is 2. The number of sulfone groups is 1. The van der Waals surface area contributed by atoms with Crippen LogP contribution in [0.3, 0.4) is 0 Å². The van der Waals surface area contributed by atoms with E-state index in [2.05, 4.69) is 23.1 Å². The van der Waals surface area contributed by atoms with Crippen LogP contribution in [0.4, 0.5) is 5.69 Å². The summed E-state index contributed by atoms with van der Waals surface area (Å²) in [4.78, 5) is 2.22. The van der Waals surface area contributed by atoms with Crippen LogP contribution in [0.5, 0.6) is 0 Å². The number of benzene rings is 2. The topological polar surface area (TPSA) is 99.9 Å². The van der Waals surface area contributed by atoms with Crippen molar-refractivity contribution in [3.8, 4) is 6.07 Å². The Morgan fingerprint density at radius 1 is 1.00 bits per heavy atom. The van der Waals surface area contributed by atoms with Gasteiger partial charge in [-0.1, -0.05) is 18.2 Å². The molecule has 0 amide bonds. The van der Waals surface area contributed by atoms with Crippen molar-refractivity contribution in [2.45, 2.75) is 32.6 Å². The van der Waals surface area contributed by atoms with E-state index in [1.165, 1.54) is 24.9 Å². The predicted octanol–water partition coefficient (Wildman–Crippen LogP) is 3.92. The van der Waals surface area contributed by atoms with Crippen LogP contribution in [0.25, 0.3) is 16.3 Å². The van der Waals surface area contributed by atoms with Crippen LogP contribution in [-0.4, -0.2) is 65.4 Å². The summed E-state index contributed by atoms with van der Waals surface area (Å²) in [5.41, 5.74) is 2.41. The fourth-order valence-electron chi connectivity index (χ4n) is 4.17. The molecule has 0 aromatic heterocycles. The van der Waals surface area contributed by atoms with Crippen LogP contribution in [0.1, 0.15) is 38.2 Å². The summed E-state index contributed by atoms with van der Waals surface area (Å²) in [6, 6.07) is 14.1.